The highest BCUT2D eigenvalue weighted by molar-refractivity contribution is 6.05. The molecule has 0 saturated heterocycles. The van der Waals surface area contributed by atoms with Crippen LogP contribution in [0.3, 0.4) is 0 Å². The maximum Gasteiger partial charge on any atom is 0.303 e. The zero-order chi connectivity index (χ0) is 18.1. The van der Waals surface area contributed by atoms with Crippen LogP contribution in [0.4, 0.5) is 5.69 Å². The van der Waals surface area contributed by atoms with Crippen LogP contribution in [0.2, 0.25) is 0 Å². The SMILES string of the molecule is O=C(O)CCCc1ccc2c(c1)C(c1ccc3ccccc3n1)C(=O)N2. The fourth-order valence-corrected chi connectivity index (χ4v) is 3.45. The number of nitrogens with one attached hydrogen (secondary N) is 1. The van der Waals surface area contributed by atoms with Crippen LogP contribution in [0.15, 0.2) is 54.6 Å². The summed E-state index contributed by atoms with van der Waals surface area (Å²) in [4.78, 5) is 27.9. The van der Waals surface area contributed by atoms with E-state index in [1.165, 1.54) is 0 Å². The van der Waals surface area contributed by atoms with Crippen molar-refractivity contribution in [1.29, 1.82) is 0 Å². The van der Waals surface area contributed by atoms with E-state index in [-0.39, 0.29) is 12.3 Å². The lowest BCUT2D eigenvalue weighted by atomic mass is 9.93. The fraction of sp³-hybridized carbons (Fsp3) is 0.190. The van der Waals surface area contributed by atoms with Gasteiger partial charge in [-0.1, -0.05) is 36.4 Å². The van der Waals surface area contributed by atoms with Gasteiger partial charge in [0.1, 0.15) is 5.92 Å². The Labute approximate surface area is 150 Å². The number of hydrogen-bond acceptors (Lipinski definition) is 3. The van der Waals surface area contributed by atoms with Gasteiger partial charge in [-0.3, -0.25) is 14.6 Å². The molecule has 5 nitrogen and oxygen atoms in total. The van der Waals surface area contributed by atoms with Crippen LogP contribution in [0.25, 0.3) is 10.9 Å². The number of carboxylic acid groups (broad SMARTS) is 1. The molecule has 0 bridgehead atoms. The third-order valence-electron chi connectivity index (χ3n) is 4.72. The maximum atomic E-state index is 12.6. The Kier molecular flexibility index (Phi) is 4.13. The Balaban J connectivity index is 1.67. The molecule has 1 aromatic heterocycles. The van der Waals surface area contributed by atoms with Gasteiger partial charge < -0.3 is 10.4 Å². The lowest BCUT2D eigenvalue weighted by Gasteiger charge is -2.11. The second-order valence-corrected chi connectivity index (χ2v) is 6.52. The van der Waals surface area contributed by atoms with E-state index >= 15 is 0 Å². The molecule has 0 saturated carbocycles. The molecule has 1 amide bonds. The monoisotopic (exact) mass is 346 g/mol. The number of para-hydroxylation sites is 1. The molecule has 2 N–H and O–H groups in total. The van der Waals surface area contributed by atoms with E-state index in [4.69, 9.17) is 5.11 Å². The summed E-state index contributed by atoms with van der Waals surface area (Å²) < 4.78 is 0. The van der Waals surface area contributed by atoms with Crippen LogP contribution < -0.4 is 5.32 Å². The van der Waals surface area contributed by atoms with Crippen molar-refractivity contribution in [2.75, 3.05) is 5.32 Å². The molecule has 3 aromatic rings. The van der Waals surface area contributed by atoms with Crippen LogP contribution in [-0.2, 0) is 16.0 Å². The largest absolute Gasteiger partial charge is 0.481 e. The summed E-state index contributed by atoms with van der Waals surface area (Å²) in [6.45, 7) is 0. The number of fused-ring (bicyclic) bond motifs is 2. The molecule has 0 fully saturated rings. The lowest BCUT2D eigenvalue weighted by Crippen LogP contribution is -2.14. The summed E-state index contributed by atoms with van der Waals surface area (Å²) in [7, 11) is 0. The van der Waals surface area contributed by atoms with Crippen LogP contribution in [0, 0.1) is 0 Å². The molecule has 1 aliphatic heterocycles. The van der Waals surface area contributed by atoms with Crippen molar-refractivity contribution in [1.82, 2.24) is 4.98 Å². The van der Waals surface area contributed by atoms with Gasteiger partial charge in [0, 0.05) is 17.5 Å². The first-order valence-electron chi connectivity index (χ1n) is 8.63. The minimum atomic E-state index is -0.791. The van der Waals surface area contributed by atoms with Crippen LogP contribution in [0.5, 0.6) is 0 Å². The fourth-order valence-electron chi connectivity index (χ4n) is 3.45. The van der Waals surface area contributed by atoms with E-state index in [1.54, 1.807) is 0 Å². The van der Waals surface area contributed by atoms with E-state index in [2.05, 4.69) is 10.3 Å². The van der Waals surface area contributed by atoms with Crippen molar-refractivity contribution in [2.45, 2.75) is 25.2 Å². The minimum absolute atomic E-state index is 0.0783. The van der Waals surface area contributed by atoms with Crippen LogP contribution >= 0.6 is 0 Å². The number of aryl methyl sites for hydroxylation is 1. The summed E-state index contributed by atoms with van der Waals surface area (Å²) in [5.41, 5.74) is 4.33. The number of carboxylic acids is 1. The molecule has 0 radical (unpaired) electrons. The predicted molar refractivity (Wildman–Crippen MR) is 99.2 cm³/mol. The van der Waals surface area contributed by atoms with Crippen LogP contribution in [0.1, 0.15) is 35.6 Å². The molecule has 130 valence electrons. The number of rotatable bonds is 5. The number of hydrogen-bond donors (Lipinski definition) is 2. The molecule has 26 heavy (non-hydrogen) atoms. The van der Waals surface area contributed by atoms with Crippen LogP contribution in [-0.4, -0.2) is 22.0 Å². The van der Waals surface area contributed by atoms with E-state index < -0.39 is 11.9 Å². The first-order valence-corrected chi connectivity index (χ1v) is 8.63. The predicted octanol–water partition coefficient (Wildman–Crippen LogP) is 3.73. The van der Waals surface area contributed by atoms with E-state index in [0.29, 0.717) is 12.8 Å². The Morgan fingerprint density at radius 1 is 1.12 bits per heavy atom. The zero-order valence-electron chi connectivity index (χ0n) is 14.1. The van der Waals surface area contributed by atoms with Crippen molar-refractivity contribution in [3.63, 3.8) is 0 Å². The molecule has 0 spiro atoms. The Bertz CT molecular complexity index is 1010. The highest BCUT2D eigenvalue weighted by Crippen LogP contribution is 2.37. The molecule has 1 unspecified atom stereocenters. The van der Waals surface area contributed by atoms with Crippen molar-refractivity contribution >= 4 is 28.5 Å². The highest BCUT2D eigenvalue weighted by Gasteiger charge is 2.33. The van der Waals surface area contributed by atoms with Gasteiger partial charge in [0.15, 0.2) is 0 Å². The summed E-state index contributed by atoms with van der Waals surface area (Å²) >= 11 is 0. The molecule has 5 heteroatoms. The number of pyridine rings is 1. The second-order valence-electron chi connectivity index (χ2n) is 6.52. The maximum absolute atomic E-state index is 12.6. The zero-order valence-corrected chi connectivity index (χ0v) is 14.1. The first-order chi connectivity index (χ1) is 12.6. The molecule has 1 atom stereocenters. The number of aliphatic carboxylic acids is 1. The first kappa shape index (κ1) is 16.3. The number of aromatic nitrogens is 1. The van der Waals surface area contributed by atoms with Gasteiger partial charge in [-0.2, -0.15) is 0 Å². The number of amides is 1. The average Bonchev–Trinajstić information content (AvgIpc) is 2.96. The Hall–Kier alpha value is -3.21. The topological polar surface area (TPSA) is 79.3 Å². The Morgan fingerprint density at radius 2 is 1.96 bits per heavy atom. The number of carbonyl (C=O) groups excluding carboxylic acids is 1. The smallest absolute Gasteiger partial charge is 0.303 e. The summed E-state index contributed by atoms with van der Waals surface area (Å²) in [6, 6.07) is 17.5. The molecule has 1 aliphatic rings. The average molecular weight is 346 g/mol. The molecule has 0 aliphatic carbocycles. The molecule has 4 rings (SSSR count). The molecular formula is C21H18N2O3. The van der Waals surface area contributed by atoms with E-state index in [9.17, 15) is 9.59 Å². The van der Waals surface area contributed by atoms with Gasteiger partial charge >= 0.3 is 5.97 Å². The number of carbonyl (C=O) groups is 2. The number of benzene rings is 2. The quantitative estimate of drug-likeness (QED) is 0.738. The minimum Gasteiger partial charge on any atom is -0.481 e. The van der Waals surface area contributed by atoms with Crippen molar-refractivity contribution in [3.8, 4) is 0 Å². The van der Waals surface area contributed by atoms with Gasteiger partial charge in [0.05, 0.1) is 11.2 Å². The van der Waals surface area contributed by atoms with Crippen molar-refractivity contribution in [2.24, 2.45) is 0 Å². The normalized spacial score (nSPS) is 15.7. The number of nitrogens with zero attached hydrogens (tertiary/aromatic N) is 1. The molecule has 2 heterocycles. The highest BCUT2D eigenvalue weighted by atomic mass is 16.4. The molecular weight excluding hydrogens is 328 g/mol. The summed E-state index contributed by atoms with van der Waals surface area (Å²) in [5, 5.41) is 12.8. The van der Waals surface area contributed by atoms with E-state index in [0.717, 1.165) is 33.4 Å². The Morgan fingerprint density at radius 3 is 2.81 bits per heavy atom. The summed E-state index contributed by atoms with van der Waals surface area (Å²) in [5.74, 6) is -1.30. The second kappa shape index (κ2) is 6.59. The van der Waals surface area contributed by atoms with Crippen molar-refractivity contribution in [3.05, 3.63) is 71.4 Å². The van der Waals surface area contributed by atoms with Gasteiger partial charge in [-0.25, -0.2) is 0 Å². The third-order valence-corrected chi connectivity index (χ3v) is 4.72. The lowest BCUT2D eigenvalue weighted by molar-refractivity contribution is -0.137. The number of anilines is 1. The van der Waals surface area contributed by atoms with Gasteiger partial charge in [0.2, 0.25) is 5.91 Å². The van der Waals surface area contributed by atoms with Gasteiger partial charge in [-0.15, -0.1) is 0 Å². The summed E-state index contributed by atoms with van der Waals surface area (Å²) in [6.07, 6.45) is 1.39. The standard InChI is InChI=1S/C21H18N2O3/c24-19(25)7-3-4-13-8-10-17-15(12-13)20(21(26)23-17)18-11-9-14-5-1-2-6-16(14)22-18/h1-2,5-6,8-12,20H,3-4,7H2,(H,23,26)(H,24,25). The van der Waals surface area contributed by atoms with Crippen molar-refractivity contribution < 1.29 is 14.7 Å². The molecule has 2 aromatic carbocycles. The third kappa shape index (κ3) is 3.04. The van der Waals surface area contributed by atoms with Gasteiger partial charge in [-0.05, 0) is 42.2 Å². The van der Waals surface area contributed by atoms with E-state index in [1.807, 2.05) is 54.6 Å². The van der Waals surface area contributed by atoms with Gasteiger partial charge in [0.25, 0.3) is 0 Å².